The number of amides is 2. The molecule has 1 aliphatic carbocycles. The molecule has 0 unspecified atom stereocenters. The highest BCUT2D eigenvalue weighted by Crippen LogP contribution is 2.37. The molecule has 148 valence electrons. The predicted octanol–water partition coefficient (Wildman–Crippen LogP) is 2.92. The summed E-state index contributed by atoms with van der Waals surface area (Å²) in [4.78, 5) is 37.2. The van der Waals surface area contributed by atoms with Gasteiger partial charge in [-0.3, -0.25) is 14.4 Å². The zero-order chi connectivity index (χ0) is 21.2. The molecule has 0 saturated carbocycles. The van der Waals surface area contributed by atoms with Gasteiger partial charge in [-0.1, -0.05) is 30.3 Å². The summed E-state index contributed by atoms with van der Waals surface area (Å²) in [5.74, 6) is -1.28. The maximum Gasteiger partial charge on any atom is 0.268 e. The van der Waals surface area contributed by atoms with E-state index in [1.807, 2.05) is 12.1 Å². The van der Waals surface area contributed by atoms with Crippen molar-refractivity contribution < 1.29 is 22.8 Å². The molecule has 2 amide bonds. The number of rotatable bonds is 2. The number of hydrogen-bond donors (Lipinski definition) is 1. The number of carbonyl (C=O) groups is 3. The third kappa shape index (κ3) is 2.44. The number of anilines is 1. The molecule has 0 bridgehead atoms. The summed E-state index contributed by atoms with van der Waals surface area (Å²) in [6, 6.07) is 16.3. The van der Waals surface area contributed by atoms with Gasteiger partial charge in [-0.05, 0) is 41.5 Å². The van der Waals surface area contributed by atoms with Gasteiger partial charge in [0.05, 0.1) is 5.56 Å². The summed E-state index contributed by atoms with van der Waals surface area (Å²) in [5.41, 5.74) is 3.32. The van der Waals surface area contributed by atoms with Gasteiger partial charge in [-0.25, -0.2) is 12.7 Å². The quantitative estimate of drug-likeness (QED) is 0.539. The van der Waals surface area contributed by atoms with Crippen LogP contribution in [0.25, 0.3) is 11.1 Å². The molecule has 30 heavy (non-hydrogen) atoms. The molecule has 0 saturated heterocycles. The summed E-state index contributed by atoms with van der Waals surface area (Å²) in [6.07, 6.45) is 0. The fourth-order valence-electron chi connectivity index (χ4n) is 3.79. The monoisotopic (exact) mass is 418 g/mol. The maximum atomic E-state index is 12.7. The molecule has 8 heteroatoms. The fraction of sp³-hybridized carbons (Fsp3) is 0.0455. The number of nitrogens with one attached hydrogen (secondary N) is 1. The highest BCUT2D eigenvalue weighted by atomic mass is 32.2. The lowest BCUT2D eigenvalue weighted by molar-refractivity contribution is 0.0890. The van der Waals surface area contributed by atoms with Gasteiger partial charge >= 0.3 is 0 Å². The zero-order valence-corrected chi connectivity index (χ0v) is 16.5. The second-order valence-electron chi connectivity index (χ2n) is 7.08. The van der Waals surface area contributed by atoms with E-state index in [1.54, 1.807) is 30.3 Å². The lowest BCUT2D eigenvalue weighted by atomic mass is 10.1. The Morgan fingerprint density at radius 2 is 1.50 bits per heavy atom. The Labute approximate surface area is 172 Å². The standard InChI is InChI=1S/C22H14N2O5S/c1-24-22(27)17-8-6-12(10-19(17)30(24,28)29)21(26)23-13-7-9-15-14-4-2-3-5-16(14)20(25)18(15)11-13/h2-11H,1H3,(H,23,26). The van der Waals surface area contributed by atoms with Crippen LogP contribution in [-0.4, -0.2) is 37.4 Å². The lowest BCUT2D eigenvalue weighted by Crippen LogP contribution is -2.24. The molecule has 3 aromatic rings. The van der Waals surface area contributed by atoms with Gasteiger partial charge in [-0.15, -0.1) is 0 Å². The highest BCUT2D eigenvalue weighted by molar-refractivity contribution is 7.90. The Kier molecular flexibility index (Phi) is 3.72. The van der Waals surface area contributed by atoms with Crippen molar-refractivity contribution in [2.75, 3.05) is 12.4 Å². The zero-order valence-electron chi connectivity index (χ0n) is 15.7. The van der Waals surface area contributed by atoms with Crippen molar-refractivity contribution in [2.45, 2.75) is 4.90 Å². The molecule has 0 atom stereocenters. The minimum Gasteiger partial charge on any atom is -0.322 e. The first-order valence-corrected chi connectivity index (χ1v) is 10.5. The Balaban J connectivity index is 1.46. The van der Waals surface area contributed by atoms with Crippen molar-refractivity contribution >= 4 is 33.3 Å². The number of hydrogen-bond acceptors (Lipinski definition) is 5. The van der Waals surface area contributed by atoms with E-state index in [0.717, 1.165) is 11.1 Å². The first-order valence-electron chi connectivity index (χ1n) is 9.06. The lowest BCUT2D eigenvalue weighted by Gasteiger charge is -2.08. The fourth-order valence-corrected chi connectivity index (χ4v) is 5.11. The molecule has 0 aromatic heterocycles. The molecule has 1 heterocycles. The first-order chi connectivity index (χ1) is 14.3. The Morgan fingerprint density at radius 1 is 0.833 bits per heavy atom. The number of sulfonamides is 1. The Bertz CT molecular complexity index is 1410. The van der Waals surface area contributed by atoms with E-state index < -0.39 is 21.8 Å². The number of fused-ring (bicyclic) bond motifs is 4. The Hall–Kier alpha value is -3.78. The van der Waals surface area contributed by atoms with Gasteiger partial charge in [-0.2, -0.15) is 0 Å². The summed E-state index contributed by atoms with van der Waals surface area (Å²) in [7, 11) is -2.77. The topological polar surface area (TPSA) is 101 Å². The smallest absolute Gasteiger partial charge is 0.268 e. The van der Waals surface area contributed by atoms with Gasteiger partial charge in [0.15, 0.2) is 5.78 Å². The summed E-state index contributed by atoms with van der Waals surface area (Å²) in [6.45, 7) is 0. The summed E-state index contributed by atoms with van der Waals surface area (Å²) >= 11 is 0. The van der Waals surface area contributed by atoms with Gasteiger partial charge in [0.25, 0.3) is 21.8 Å². The van der Waals surface area contributed by atoms with Gasteiger partial charge in [0.2, 0.25) is 0 Å². The van der Waals surface area contributed by atoms with Crippen molar-refractivity contribution in [1.82, 2.24) is 4.31 Å². The van der Waals surface area contributed by atoms with E-state index in [9.17, 15) is 22.8 Å². The van der Waals surface area contributed by atoms with E-state index >= 15 is 0 Å². The van der Waals surface area contributed by atoms with Crippen molar-refractivity contribution in [3.63, 3.8) is 0 Å². The highest BCUT2D eigenvalue weighted by Gasteiger charge is 2.39. The van der Waals surface area contributed by atoms with E-state index in [0.29, 0.717) is 21.1 Å². The Morgan fingerprint density at radius 3 is 2.27 bits per heavy atom. The molecule has 3 aromatic carbocycles. The molecule has 0 fully saturated rings. The van der Waals surface area contributed by atoms with E-state index in [1.165, 1.54) is 25.2 Å². The van der Waals surface area contributed by atoms with Crippen LogP contribution < -0.4 is 5.32 Å². The molecular weight excluding hydrogens is 404 g/mol. The molecule has 1 N–H and O–H groups in total. The molecule has 2 aliphatic rings. The van der Waals surface area contributed by atoms with Crippen LogP contribution in [0.1, 0.15) is 36.6 Å². The third-order valence-corrected chi connectivity index (χ3v) is 7.16. The summed E-state index contributed by atoms with van der Waals surface area (Å²) in [5, 5.41) is 2.69. The number of ketones is 1. The SMILES string of the molecule is CN1C(=O)c2ccc(C(=O)Nc3ccc4c(c3)C(=O)c3ccccc3-4)cc2S1(=O)=O. The predicted molar refractivity (Wildman–Crippen MR) is 109 cm³/mol. The minimum absolute atomic E-state index is 0.0370. The van der Waals surface area contributed by atoms with Crippen LogP contribution in [0, 0.1) is 0 Å². The average molecular weight is 418 g/mol. The van der Waals surface area contributed by atoms with E-state index in [2.05, 4.69) is 5.32 Å². The third-order valence-electron chi connectivity index (χ3n) is 5.38. The minimum atomic E-state index is -3.95. The molecular formula is C22H14N2O5S. The van der Waals surface area contributed by atoms with E-state index in [4.69, 9.17) is 0 Å². The maximum absolute atomic E-state index is 12.7. The van der Waals surface area contributed by atoms with Gasteiger partial charge in [0.1, 0.15) is 4.90 Å². The van der Waals surface area contributed by atoms with Crippen LogP contribution in [0.4, 0.5) is 5.69 Å². The molecule has 0 spiro atoms. The second kappa shape index (κ2) is 6.11. The molecule has 1 aliphatic heterocycles. The number of carbonyl (C=O) groups excluding carboxylic acids is 3. The first kappa shape index (κ1) is 18.3. The van der Waals surface area contributed by atoms with Crippen LogP contribution in [-0.2, 0) is 10.0 Å². The molecule has 0 radical (unpaired) electrons. The molecule has 5 rings (SSSR count). The van der Waals surface area contributed by atoms with Gasteiger partial charge < -0.3 is 5.32 Å². The van der Waals surface area contributed by atoms with Gasteiger partial charge in [0, 0.05) is 29.4 Å². The second-order valence-corrected chi connectivity index (χ2v) is 9.02. The van der Waals surface area contributed by atoms with Crippen LogP contribution in [0.5, 0.6) is 0 Å². The van der Waals surface area contributed by atoms with Crippen molar-refractivity contribution in [3.05, 3.63) is 82.9 Å². The molecule has 7 nitrogen and oxygen atoms in total. The van der Waals surface area contributed by atoms with Crippen molar-refractivity contribution in [1.29, 1.82) is 0 Å². The van der Waals surface area contributed by atoms with Crippen LogP contribution in [0.15, 0.2) is 65.6 Å². The van der Waals surface area contributed by atoms with Crippen molar-refractivity contribution in [2.24, 2.45) is 0 Å². The number of nitrogens with zero attached hydrogens (tertiary/aromatic N) is 1. The normalized spacial score (nSPS) is 15.6. The van der Waals surface area contributed by atoms with E-state index in [-0.39, 0.29) is 21.8 Å². The average Bonchev–Trinajstić information content (AvgIpc) is 3.12. The van der Waals surface area contributed by atoms with Crippen LogP contribution in [0.3, 0.4) is 0 Å². The van der Waals surface area contributed by atoms with Crippen LogP contribution in [0.2, 0.25) is 0 Å². The largest absolute Gasteiger partial charge is 0.322 e. The van der Waals surface area contributed by atoms with Crippen molar-refractivity contribution in [3.8, 4) is 11.1 Å². The summed E-state index contributed by atoms with van der Waals surface area (Å²) < 4.78 is 25.3. The number of benzene rings is 3. The van der Waals surface area contributed by atoms with Crippen LogP contribution >= 0.6 is 0 Å².